The molecule has 0 radical (unpaired) electrons. The summed E-state index contributed by atoms with van der Waals surface area (Å²) in [5.74, 6) is 0.542. The minimum Gasteiger partial charge on any atom is -0.482 e. The Kier molecular flexibility index (Phi) is 3.79. The van der Waals surface area contributed by atoms with Gasteiger partial charge in [0.1, 0.15) is 0 Å². The lowest BCUT2D eigenvalue weighted by atomic mass is 10.7. The Labute approximate surface area is 55.3 Å². The molecule has 0 saturated heterocycles. The van der Waals surface area contributed by atoms with E-state index < -0.39 is 0 Å². The van der Waals surface area contributed by atoms with Crippen molar-refractivity contribution in [1.29, 1.82) is 0 Å². The number of methoxy groups -OCH3 is 1. The molecule has 0 amide bonds. The van der Waals surface area contributed by atoms with Gasteiger partial charge in [0.2, 0.25) is 5.90 Å². The first kappa shape index (κ1) is 8.23. The molecular weight excluding hydrogens is 118 g/mol. The minimum atomic E-state index is 0.342. The molecule has 0 bridgehead atoms. The standard InChI is InChI=1S/C5H13N3O/c1-8(2)7-5(4-6)9-3/h4,6H2,1-3H3. The van der Waals surface area contributed by atoms with Crippen LogP contribution in [0.15, 0.2) is 5.10 Å². The maximum atomic E-state index is 5.25. The number of nitrogens with two attached hydrogens (primary N) is 1. The second kappa shape index (κ2) is 4.14. The van der Waals surface area contributed by atoms with Gasteiger partial charge in [0, 0.05) is 14.1 Å². The summed E-state index contributed by atoms with van der Waals surface area (Å²) in [6, 6.07) is 0. The highest BCUT2D eigenvalue weighted by molar-refractivity contribution is 5.77. The summed E-state index contributed by atoms with van der Waals surface area (Å²) in [5.41, 5.74) is 5.25. The molecule has 4 heteroatoms. The topological polar surface area (TPSA) is 50.9 Å². The van der Waals surface area contributed by atoms with Crippen LogP contribution in [0.25, 0.3) is 0 Å². The van der Waals surface area contributed by atoms with Gasteiger partial charge in [0.05, 0.1) is 13.7 Å². The highest BCUT2D eigenvalue weighted by Crippen LogP contribution is 1.79. The molecule has 0 aliphatic heterocycles. The van der Waals surface area contributed by atoms with Crippen molar-refractivity contribution in [2.45, 2.75) is 0 Å². The predicted octanol–water partition coefficient (Wildman–Crippen LogP) is -0.533. The summed E-state index contributed by atoms with van der Waals surface area (Å²) in [4.78, 5) is 0. The van der Waals surface area contributed by atoms with E-state index >= 15 is 0 Å². The van der Waals surface area contributed by atoms with Gasteiger partial charge in [0.25, 0.3) is 0 Å². The summed E-state index contributed by atoms with van der Waals surface area (Å²) in [5, 5.41) is 5.56. The van der Waals surface area contributed by atoms with E-state index in [1.807, 2.05) is 14.1 Å². The van der Waals surface area contributed by atoms with Gasteiger partial charge >= 0.3 is 0 Å². The molecule has 0 fully saturated rings. The molecule has 0 aliphatic carbocycles. The molecule has 0 atom stereocenters. The third-order valence-corrected chi connectivity index (χ3v) is 0.722. The lowest BCUT2D eigenvalue weighted by Gasteiger charge is -2.06. The van der Waals surface area contributed by atoms with Gasteiger partial charge < -0.3 is 10.5 Å². The Morgan fingerprint density at radius 3 is 2.33 bits per heavy atom. The first-order valence-electron chi connectivity index (χ1n) is 2.69. The van der Waals surface area contributed by atoms with Crippen molar-refractivity contribution in [2.75, 3.05) is 27.7 Å². The van der Waals surface area contributed by atoms with Crippen molar-refractivity contribution in [3.05, 3.63) is 0 Å². The molecule has 0 aromatic heterocycles. The van der Waals surface area contributed by atoms with Crippen LogP contribution in [0, 0.1) is 0 Å². The number of hydrogen-bond donors (Lipinski definition) is 1. The van der Waals surface area contributed by atoms with Gasteiger partial charge in [0.15, 0.2) is 0 Å². The number of nitrogens with zero attached hydrogens (tertiary/aromatic N) is 2. The third-order valence-electron chi connectivity index (χ3n) is 0.722. The van der Waals surface area contributed by atoms with Gasteiger partial charge in [-0.25, -0.2) is 0 Å². The molecule has 0 rings (SSSR count). The van der Waals surface area contributed by atoms with Crippen LogP contribution < -0.4 is 5.73 Å². The molecule has 2 N–H and O–H groups in total. The van der Waals surface area contributed by atoms with Crippen molar-refractivity contribution >= 4 is 5.90 Å². The smallest absolute Gasteiger partial charge is 0.219 e. The Hall–Kier alpha value is -0.770. The third kappa shape index (κ3) is 3.78. The SMILES string of the molecule is COC(CN)=NN(C)C. The first-order valence-corrected chi connectivity index (χ1v) is 2.69. The van der Waals surface area contributed by atoms with Gasteiger partial charge in [-0.1, -0.05) is 0 Å². The predicted molar refractivity (Wildman–Crippen MR) is 37.2 cm³/mol. The maximum Gasteiger partial charge on any atom is 0.219 e. The van der Waals surface area contributed by atoms with Gasteiger partial charge in [-0.15, -0.1) is 5.10 Å². The average molecular weight is 131 g/mol. The zero-order chi connectivity index (χ0) is 7.28. The monoisotopic (exact) mass is 131 g/mol. The van der Waals surface area contributed by atoms with E-state index in [4.69, 9.17) is 10.5 Å². The molecule has 9 heavy (non-hydrogen) atoms. The second-order valence-corrected chi connectivity index (χ2v) is 1.75. The first-order chi connectivity index (χ1) is 4.20. The maximum absolute atomic E-state index is 5.25. The highest BCUT2D eigenvalue weighted by atomic mass is 16.5. The molecule has 0 heterocycles. The van der Waals surface area contributed by atoms with Crippen LogP contribution in [0.3, 0.4) is 0 Å². The normalized spacial score (nSPS) is 11.3. The number of hydrazone groups is 1. The Morgan fingerprint density at radius 1 is 1.67 bits per heavy atom. The van der Waals surface area contributed by atoms with E-state index in [9.17, 15) is 0 Å². The summed E-state index contributed by atoms with van der Waals surface area (Å²) in [7, 11) is 5.18. The van der Waals surface area contributed by atoms with E-state index in [1.54, 1.807) is 12.1 Å². The van der Waals surface area contributed by atoms with Crippen molar-refractivity contribution in [1.82, 2.24) is 5.01 Å². The fourth-order valence-electron chi connectivity index (χ4n) is 0.388. The van der Waals surface area contributed by atoms with Gasteiger partial charge in [-0.05, 0) is 0 Å². The van der Waals surface area contributed by atoms with Gasteiger partial charge in [-0.3, -0.25) is 5.01 Å². The van der Waals surface area contributed by atoms with Crippen LogP contribution >= 0.6 is 0 Å². The number of hydrogen-bond acceptors (Lipinski definition) is 4. The van der Waals surface area contributed by atoms with Crippen molar-refractivity contribution < 1.29 is 4.74 Å². The molecule has 0 unspecified atom stereocenters. The molecule has 0 aromatic rings. The summed E-state index contributed by atoms with van der Waals surface area (Å²) >= 11 is 0. The molecular formula is C5H13N3O. The quantitative estimate of drug-likeness (QED) is 0.311. The van der Waals surface area contributed by atoms with Crippen molar-refractivity contribution in [2.24, 2.45) is 10.8 Å². The lowest BCUT2D eigenvalue weighted by Crippen LogP contribution is -2.19. The van der Waals surface area contributed by atoms with E-state index in [-0.39, 0.29) is 0 Å². The molecule has 0 spiro atoms. The molecule has 0 aliphatic rings. The summed E-state index contributed by atoms with van der Waals surface area (Å²) in [6.45, 7) is 0.342. The van der Waals surface area contributed by atoms with Crippen LogP contribution in [0.4, 0.5) is 0 Å². The number of ether oxygens (including phenoxy) is 1. The molecule has 54 valence electrons. The average Bonchev–Trinajstić information content (AvgIpc) is 1.82. The zero-order valence-electron chi connectivity index (χ0n) is 6.09. The van der Waals surface area contributed by atoms with Crippen LogP contribution in [-0.4, -0.2) is 38.7 Å². The minimum absolute atomic E-state index is 0.342. The number of rotatable bonds is 2. The summed E-state index contributed by atoms with van der Waals surface area (Å²) in [6.07, 6.45) is 0. The van der Waals surface area contributed by atoms with Crippen LogP contribution in [0.1, 0.15) is 0 Å². The lowest BCUT2D eigenvalue weighted by molar-refractivity contribution is 0.355. The van der Waals surface area contributed by atoms with E-state index in [2.05, 4.69) is 5.10 Å². The van der Waals surface area contributed by atoms with Crippen molar-refractivity contribution in [3.63, 3.8) is 0 Å². The summed E-state index contributed by atoms with van der Waals surface area (Å²) < 4.78 is 4.79. The Morgan fingerprint density at radius 2 is 2.22 bits per heavy atom. The Balaban J connectivity index is 3.75. The highest BCUT2D eigenvalue weighted by Gasteiger charge is 1.91. The van der Waals surface area contributed by atoms with E-state index in [0.29, 0.717) is 12.4 Å². The second-order valence-electron chi connectivity index (χ2n) is 1.75. The van der Waals surface area contributed by atoms with E-state index in [0.717, 1.165) is 0 Å². The molecule has 0 aromatic carbocycles. The van der Waals surface area contributed by atoms with E-state index in [1.165, 1.54) is 0 Å². The molecule has 4 nitrogen and oxygen atoms in total. The zero-order valence-corrected chi connectivity index (χ0v) is 6.09. The fourth-order valence-corrected chi connectivity index (χ4v) is 0.388. The fraction of sp³-hybridized carbons (Fsp3) is 0.800. The van der Waals surface area contributed by atoms with Crippen molar-refractivity contribution in [3.8, 4) is 0 Å². The Bertz CT molecular complexity index is 94.4. The van der Waals surface area contributed by atoms with Crippen LogP contribution in [0.5, 0.6) is 0 Å². The molecule has 0 saturated carbocycles. The van der Waals surface area contributed by atoms with Gasteiger partial charge in [-0.2, -0.15) is 0 Å². The van der Waals surface area contributed by atoms with Crippen LogP contribution in [-0.2, 0) is 4.74 Å². The largest absolute Gasteiger partial charge is 0.482 e. The van der Waals surface area contributed by atoms with Crippen LogP contribution in [0.2, 0.25) is 0 Å².